The molecule has 0 saturated carbocycles. The summed E-state index contributed by atoms with van der Waals surface area (Å²) in [5, 5.41) is 11.3. The van der Waals surface area contributed by atoms with Gasteiger partial charge < -0.3 is 10.1 Å². The molecule has 1 aromatic heterocycles. The summed E-state index contributed by atoms with van der Waals surface area (Å²) in [5.41, 5.74) is 4.74. The van der Waals surface area contributed by atoms with Crippen molar-refractivity contribution in [3.8, 4) is 0 Å². The average Bonchev–Trinajstić information content (AvgIpc) is 2.58. The first-order valence-corrected chi connectivity index (χ1v) is 6.45. The van der Waals surface area contributed by atoms with Gasteiger partial charge in [-0.1, -0.05) is 15.9 Å². The van der Waals surface area contributed by atoms with E-state index in [9.17, 15) is 5.11 Å². The molecule has 2 nitrogen and oxygen atoms in total. The summed E-state index contributed by atoms with van der Waals surface area (Å²) in [5.74, 6) is 0. The van der Waals surface area contributed by atoms with E-state index in [0.717, 1.165) is 29.3 Å². The number of H-pyrrole nitrogens is 1. The molecule has 1 atom stereocenters. The lowest BCUT2D eigenvalue weighted by Gasteiger charge is -2.17. The Morgan fingerprint density at radius 2 is 2.25 bits per heavy atom. The lowest BCUT2D eigenvalue weighted by atomic mass is 9.93. The van der Waals surface area contributed by atoms with Crippen molar-refractivity contribution in [2.75, 3.05) is 0 Å². The van der Waals surface area contributed by atoms with Crippen LogP contribution in [0.5, 0.6) is 0 Å². The molecule has 1 heterocycles. The van der Waals surface area contributed by atoms with Gasteiger partial charge in [0.25, 0.3) is 0 Å². The summed E-state index contributed by atoms with van der Waals surface area (Å²) in [6, 6.07) is 4.21. The number of fused-ring (bicyclic) bond motifs is 3. The van der Waals surface area contributed by atoms with E-state index >= 15 is 0 Å². The second-order valence-corrected chi connectivity index (χ2v) is 5.49. The van der Waals surface area contributed by atoms with E-state index < -0.39 is 0 Å². The van der Waals surface area contributed by atoms with Crippen molar-refractivity contribution in [1.29, 1.82) is 0 Å². The number of aliphatic hydroxyl groups excluding tert-OH is 1. The molecule has 0 radical (unpaired) electrons. The van der Waals surface area contributed by atoms with Gasteiger partial charge in [-0.15, -0.1) is 0 Å². The van der Waals surface area contributed by atoms with Crippen LogP contribution >= 0.6 is 15.9 Å². The van der Waals surface area contributed by atoms with Crippen LogP contribution in [-0.4, -0.2) is 10.1 Å². The van der Waals surface area contributed by atoms with Crippen molar-refractivity contribution in [2.24, 2.45) is 0 Å². The predicted molar refractivity (Wildman–Crippen MR) is 68.6 cm³/mol. The lowest BCUT2D eigenvalue weighted by Crippen LogP contribution is -2.07. The Labute approximate surface area is 103 Å². The van der Waals surface area contributed by atoms with Gasteiger partial charge in [0.15, 0.2) is 0 Å². The summed E-state index contributed by atoms with van der Waals surface area (Å²) in [7, 11) is 0. The highest BCUT2D eigenvalue weighted by molar-refractivity contribution is 9.10. The molecule has 3 heteroatoms. The molecule has 1 aliphatic rings. The van der Waals surface area contributed by atoms with Crippen LogP contribution < -0.4 is 0 Å². The van der Waals surface area contributed by atoms with Crippen LogP contribution in [0.25, 0.3) is 10.9 Å². The zero-order valence-corrected chi connectivity index (χ0v) is 10.8. The first-order chi connectivity index (χ1) is 7.66. The van der Waals surface area contributed by atoms with E-state index in [0.29, 0.717) is 0 Å². The van der Waals surface area contributed by atoms with Crippen molar-refractivity contribution in [2.45, 2.75) is 32.3 Å². The topological polar surface area (TPSA) is 36.0 Å². The van der Waals surface area contributed by atoms with Crippen LogP contribution in [0.15, 0.2) is 16.6 Å². The lowest BCUT2D eigenvalue weighted by molar-refractivity contribution is 0.158. The summed E-state index contributed by atoms with van der Waals surface area (Å²) >= 11 is 3.52. The number of rotatable bonds is 0. The SMILES string of the molecule is Cc1cc(Br)cc2c3c([nH]c12)CCCC3O. The maximum Gasteiger partial charge on any atom is 0.0813 e. The Kier molecular flexibility index (Phi) is 2.33. The molecule has 2 aromatic rings. The quantitative estimate of drug-likeness (QED) is 0.759. The normalized spacial score (nSPS) is 20.1. The molecule has 0 saturated heterocycles. The second kappa shape index (κ2) is 3.60. The molecule has 1 aromatic carbocycles. The van der Waals surface area contributed by atoms with Gasteiger partial charge in [-0.25, -0.2) is 0 Å². The van der Waals surface area contributed by atoms with E-state index in [1.54, 1.807) is 0 Å². The molecular formula is C13H14BrNO. The fraction of sp³-hybridized carbons (Fsp3) is 0.385. The monoisotopic (exact) mass is 279 g/mol. The minimum absolute atomic E-state index is 0.300. The van der Waals surface area contributed by atoms with Crippen LogP contribution in [0.3, 0.4) is 0 Å². The van der Waals surface area contributed by atoms with Gasteiger partial charge in [-0.05, 0) is 43.9 Å². The van der Waals surface area contributed by atoms with Gasteiger partial charge in [0.05, 0.1) is 6.10 Å². The molecule has 84 valence electrons. The molecule has 0 amide bonds. The van der Waals surface area contributed by atoms with Crippen molar-refractivity contribution < 1.29 is 5.11 Å². The van der Waals surface area contributed by atoms with Crippen LogP contribution in [0, 0.1) is 6.92 Å². The van der Waals surface area contributed by atoms with Crippen LogP contribution in [0.1, 0.15) is 35.8 Å². The van der Waals surface area contributed by atoms with E-state index in [1.807, 2.05) is 0 Å². The number of aromatic nitrogens is 1. The minimum atomic E-state index is -0.300. The molecule has 16 heavy (non-hydrogen) atoms. The van der Waals surface area contributed by atoms with Gasteiger partial charge in [-0.2, -0.15) is 0 Å². The Bertz CT molecular complexity index is 559. The fourth-order valence-corrected chi connectivity index (χ4v) is 3.27. The number of nitrogens with one attached hydrogen (secondary N) is 1. The Morgan fingerprint density at radius 1 is 1.44 bits per heavy atom. The summed E-state index contributed by atoms with van der Waals surface area (Å²) in [4.78, 5) is 3.46. The number of benzene rings is 1. The highest BCUT2D eigenvalue weighted by Gasteiger charge is 2.23. The molecule has 0 bridgehead atoms. The fourth-order valence-electron chi connectivity index (χ4n) is 2.70. The third kappa shape index (κ3) is 1.42. The van der Waals surface area contributed by atoms with Crippen molar-refractivity contribution >= 4 is 26.8 Å². The summed E-state index contributed by atoms with van der Waals surface area (Å²) in [6.45, 7) is 2.10. The third-order valence-electron chi connectivity index (χ3n) is 3.43. The molecule has 3 rings (SSSR count). The van der Waals surface area contributed by atoms with Crippen molar-refractivity contribution in [3.63, 3.8) is 0 Å². The second-order valence-electron chi connectivity index (χ2n) is 4.57. The van der Waals surface area contributed by atoms with Gasteiger partial charge in [0.2, 0.25) is 0 Å². The van der Waals surface area contributed by atoms with E-state index in [2.05, 4.69) is 40.0 Å². The highest BCUT2D eigenvalue weighted by atomic mass is 79.9. The molecule has 0 fully saturated rings. The van der Waals surface area contributed by atoms with Crippen LogP contribution in [0.4, 0.5) is 0 Å². The minimum Gasteiger partial charge on any atom is -0.388 e. The molecule has 0 spiro atoms. The molecule has 2 N–H and O–H groups in total. The smallest absolute Gasteiger partial charge is 0.0813 e. The Hall–Kier alpha value is -0.800. The van der Waals surface area contributed by atoms with Crippen LogP contribution in [-0.2, 0) is 6.42 Å². The molecule has 0 aliphatic heterocycles. The summed E-state index contributed by atoms with van der Waals surface area (Å²) < 4.78 is 1.08. The van der Waals surface area contributed by atoms with Crippen LogP contribution in [0.2, 0.25) is 0 Å². The van der Waals surface area contributed by atoms with Crippen molar-refractivity contribution in [1.82, 2.24) is 4.98 Å². The van der Waals surface area contributed by atoms with Gasteiger partial charge >= 0.3 is 0 Å². The number of hydrogen-bond acceptors (Lipinski definition) is 1. The van der Waals surface area contributed by atoms with E-state index in [4.69, 9.17) is 0 Å². The number of aryl methyl sites for hydroxylation is 2. The number of aliphatic hydroxyl groups is 1. The standard InChI is InChI=1S/C13H14BrNO/c1-7-5-8(14)6-9-12-10(15-13(7)9)3-2-4-11(12)16/h5-6,11,15-16H,2-4H2,1H3. The summed E-state index contributed by atoms with van der Waals surface area (Å²) in [6.07, 6.45) is 2.70. The van der Waals surface area contributed by atoms with Crippen molar-refractivity contribution in [3.05, 3.63) is 33.4 Å². The van der Waals surface area contributed by atoms with Gasteiger partial charge in [-0.3, -0.25) is 0 Å². The number of aromatic amines is 1. The number of hydrogen-bond donors (Lipinski definition) is 2. The maximum absolute atomic E-state index is 10.1. The zero-order valence-electron chi connectivity index (χ0n) is 9.18. The predicted octanol–water partition coefficient (Wildman–Crippen LogP) is 3.61. The van der Waals surface area contributed by atoms with Gasteiger partial charge in [0, 0.05) is 26.6 Å². The van der Waals surface area contributed by atoms with E-state index in [-0.39, 0.29) is 6.10 Å². The molecular weight excluding hydrogens is 266 g/mol. The van der Waals surface area contributed by atoms with Gasteiger partial charge in [0.1, 0.15) is 0 Å². The van der Waals surface area contributed by atoms with E-state index in [1.165, 1.54) is 22.2 Å². The first kappa shape index (κ1) is 10.4. The first-order valence-electron chi connectivity index (χ1n) is 5.65. The Balaban J connectivity index is 2.38. The molecule has 1 aliphatic carbocycles. The highest BCUT2D eigenvalue weighted by Crippen LogP contribution is 2.37. The number of halogens is 1. The maximum atomic E-state index is 10.1. The molecule has 1 unspecified atom stereocenters. The Morgan fingerprint density at radius 3 is 3.06 bits per heavy atom. The third-order valence-corrected chi connectivity index (χ3v) is 3.89. The zero-order chi connectivity index (χ0) is 11.3. The largest absolute Gasteiger partial charge is 0.388 e. The average molecular weight is 280 g/mol.